The molecule has 0 amide bonds. The average Bonchev–Trinajstić information content (AvgIpc) is 2.90. The lowest BCUT2D eigenvalue weighted by molar-refractivity contribution is -0.0549. The summed E-state index contributed by atoms with van der Waals surface area (Å²) in [6, 6.07) is 6.62. The van der Waals surface area contributed by atoms with Crippen molar-refractivity contribution in [2.75, 3.05) is 13.7 Å². The lowest BCUT2D eigenvalue weighted by Gasteiger charge is -2.18. The van der Waals surface area contributed by atoms with Crippen molar-refractivity contribution in [3.8, 4) is 16.9 Å². The molecule has 0 radical (unpaired) electrons. The molecule has 0 aliphatic carbocycles. The van der Waals surface area contributed by atoms with Gasteiger partial charge in [-0.05, 0) is 17.7 Å². The van der Waals surface area contributed by atoms with E-state index < -0.39 is 42.4 Å². The minimum absolute atomic E-state index is 0.181. The Hall–Kier alpha value is -2.46. The van der Waals surface area contributed by atoms with Crippen molar-refractivity contribution in [2.24, 2.45) is 0 Å². The van der Waals surface area contributed by atoms with Gasteiger partial charge in [-0.3, -0.25) is 14.3 Å². The first kappa shape index (κ1) is 17.4. The third-order valence-corrected chi connectivity index (χ3v) is 4.16. The Kier molecular flexibility index (Phi) is 4.73. The molecular formula is C16H18N2O7. The standard InChI is InChI=1S/C16H18N2O7/c1-24-9-4-2-8(3-5-9)10-6-18(16(23)17-14(10)22)15-13(21)12(20)11(7-19)25-15/h2-6,11-13,15,19-21H,7H2,1H3,(H,17,22,23)/t11-,12-,13-,15-/m1/s1. The maximum atomic E-state index is 12.1. The van der Waals surface area contributed by atoms with Gasteiger partial charge in [0.05, 0.1) is 19.3 Å². The maximum Gasteiger partial charge on any atom is 0.330 e. The first-order valence-corrected chi connectivity index (χ1v) is 7.58. The molecule has 25 heavy (non-hydrogen) atoms. The fourth-order valence-corrected chi connectivity index (χ4v) is 2.76. The molecule has 0 unspecified atom stereocenters. The summed E-state index contributed by atoms with van der Waals surface area (Å²) in [4.78, 5) is 26.4. The van der Waals surface area contributed by atoms with Crippen LogP contribution < -0.4 is 16.0 Å². The van der Waals surface area contributed by atoms with Crippen molar-refractivity contribution in [3.63, 3.8) is 0 Å². The van der Waals surface area contributed by atoms with Gasteiger partial charge in [-0.15, -0.1) is 0 Å². The number of nitrogens with zero attached hydrogens (tertiary/aromatic N) is 1. The van der Waals surface area contributed by atoms with Crippen LogP contribution in [0.25, 0.3) is 11.1 Å². The highest BCUT2D eigenvalue weighted by Crippen LogP contribution is 2.29. The van der Waals surface area contributed by atoms with Gasteiger partial charge in [0.15, 0.2) is 6.23 Å². The SMILES string of the molecule is COc1ccc(-c2cn([C@@H]3O[C@H](CO)[C@@H](O)[C@H]3O)c(=O)[nH]c2=O)cc1. The Morgan fingerprint density at radius 2 is 1.88 bits per heavy atom. The minimum Gasteiger partial charge on any atom is -0.497 e. The van der Waals surface area contributed by atoms with Gasteiger partial charge in [0.2, 0.25) is 0 Å². The van der Waals surface area contributed by atoms with Gasteiger partial charge in [0.1, 0.15) is 24.1 Å². The van der Waals surface area contributed by atoms with Gasteiger partial charge in [-0.25, -0.2) is 4.79 Å². The largest absolute Gasteiger partial charge is 0.497 e. The second-order valence-electron chi connectivity index (χ2n) is 5.67. The van der Waals surface area contributed by atoms with E-state index in [4.69, 9.17) is 14.6 Å². The number of aliphatic hydroxyl groups excluding tert-OH is 3. The second-order valence-corrected chi connectivity index (χ2v) is 5.67. The Labute approximate surface area is 141 Å². The number of methoxy groups -OCH3 is 1. The number of hydrogen-bond donors (Lipinski definition) is 4. The predicted octanol–water partition coefficient (Wildman–Crippen LogP) is -1.18. The molecule has 1 aromatic carbocycles. The molecule has 0 spiro atoms. The summed E-state index contributed by atoms with van der Waals surface area (Å²) in [5.41, 5.74) is -0.683. The smallest absolute Gasteiger partial charge is 0.330 e. The molecule has 3 rings (SSSR count). The number of hydrogen-bond acceptors (Lipinski definition) is 7. The lowest BCUT2D eigenvalue weighted by Crippen LogP contribution is -2.38. The van der Waals surface area contributed by atoms with Crippen LogP contribution in [0.15, 0.2) is 40.1 Å². The third-order valence-electron chi connectivity index (χ3n) is 4.16. The number of rotatable bonds is 4. The Bertz CT molecular complexity index is 858. The Morgan fingerprint density at radius 1 is 1.20 bits per heavy atom. The normalized spacial score (nSPS) is 25.9. The number of ether oxygens (including phenoxy) is 2. The number of H-pyrrole nitrogens is 1. The van der Waals surface area contributed by atoms with Crippen LogP contribution >= 0.6 is 0 Å². The second kappa shape index (κ2) is 6.81. The molecule has 9 nitrogen and oxygen atoms in total. The summed E-state index contributed by atoms with van der Waals surface area (Å²) in [7, 11) is 1.52. The summed E-state index contributed by atoms with van der Waals surface area (Å²) in [6.07, 6.45) is -3.77. The molecule has 134 valence electrons. The van der Waals surface area contributed by atoms with Crippen molar-refractivity contribution >= 4 is 0 Å². The molecule has 0 bridgehead atoms. The van der Waals surface area contributed by atoms with E-state index in [1.54, 1.807) is 24.3 Å². The highest BCUT2D eigenvalue weighted by molar-refractivity contribution is 5.62. The van der Waals surface area contributed by atoms with Crippen LogP contribution in [0, 0.1) is 0 Å². The van der Waals surface area contributed by atoms with Crippen molar-refractivity contribution < 1.29 is 24.8 Å². The molecule has 1 saturated heterocycles. The molecular weight excluding hydrogens is 332 g/mol. The Balaban J connectivity index is 2.04. The van der Waals surface area contributed by atoms with Crippen molar-refractivity contribution in [3.05, 3.63) is 51.3 Å². The van der Waals surface area contributed by atoms with Crippen LogP contribution in [-0.4, -0.2) is 56.9 Å². The van der Waals surface area contributed by atoms with Crippen LogP contribution in [0.3, 0.4) is 0 Å². The molecule has 9 heteroatoms. The number of nitrogens with one attached hydrogen (secondary N) is 1. The highest BCUT2D eigenvalue weighted by atomic mass is 16.6. The van der Waals surface area contributed by atoms with Crippen molar-refractivity contribution in [1.29, 1.82) is 0 Å². The van der Waals surface area contributed by atoms with E-state index in [9.17, 15) is 19.8 Å². The zero-order valence-corrected chi connectivity index (χ0v) is 13.3. The summed E-state index contributed by atoms with van der Waals surface area (Å²) < 4.78 is 11.4. The molecule has 4 atom stereocenters. The zero-order chi connectivity index (χ0) is 18.1. The van der Waals surface area contributed by atoms with E-state index in [1.807, 2.05) is 0 Å². The number of aromatic amines is 1. The molecule has 2 heterocycles. The van der Waals surface area contributed by atoms with Crippen LogP contribution in [0.4, 0.5) is 0 Å². The van der Waals surface area contributed by atoms with Crippen molar-refractivity contribution in [2.45, 2.75) is 24.5 Å². The summed E-state index contributed by atoms with van der Waals surface area (Å²) in [6.45, 7) is -0.516. The van der Waals surface area contributed by atoms with Crippen LogP contribution in [-0.2, 0) is 4.74 Å². The van der Waals surface area contributed by atoms with E-state index in [1.165, 1.54) is 13.3 Å². The minimum atomic E-state index is -1.43. The van der Waals surface area contributed by atoms with Gasteiger partial charge in [-0.2, -0.15) is 0 Å². The highest BCUT2D eigenvalue weighted by Gasteiger charge is 2.43. The molecule has 0 saturated carbocycles. The first-order valence-electron chi connectivity index (χ1n) is 7.58. The van der Waals surface area contributed by atoms with Gasteiger partial charge < -0.3 is 24.8 Å². The molecule has 4 N–H and O–H groups in total. The summed E-state index contributed by atoms with van der Waals surface area (Å²) in [5, 5.41) is 29.1. The third kappa shape index (κ3) is 3.10. The van der Waals surface area contributed by atoms with E-state index >= 15 is 0 Å². The fraction of sp³-hybridized carbons (Fsp3) is 0.375. The van der Waals surface area contributed by atoms with E-state index in [0.717, 1.165) is 4.57 Å². The van der Waals surface area contributed by atoms with E-state index in [0.29, 0.717) is 11.3 Å². The van der Waals surface area contributed by atoms with Crippen LogP contribution in [0.2, 0.25) is 0 Å². The van der Waals surface area contributed by atoms with Gasteiger partial charge >= 0.3 is 5.69 Å². The monoisotopic (exact) mass is 350 g/mol. The summed E-state index contributed by atoms with van der Waals surface area (Å²) in [5.74, 6) is 0.608. The van der Waals surface area contributed by atoms with Gasteiger partial charge in [0.25, 0.3) is 5.56 Å². The predicted molar refractivity (Wildman–Crippen MR) is 86.3 cm³/mol. The molecule has 1 aromatic heterocycles. The molecule has 2 aromatic rings. The Morgan fingerprint density at radius 3 is 2.44 bits per heavy atom. The van der Waals surface area contributed by atoms with Gasteiger partial charge in [0, 0.05) is 6.20 Å². The molecule has 1 fully saturated rings. The average molecular weight is 350 g/mol. The molecule has 1 aliphatic heterocycles. The number of aliphatic hydroxyl groups is 3. The number of aromatic nitrogens is 2. The van der Waals surface area contributed by atoms with Crippen LogP contribution in [0.5, 0.6) is 5.75 Å². The fourth-order valence-electron chi connectivity index (χ4n) is 2.76. The topological polar surface area (TPSA) is 134 Å². The van der Waals surface area contributed by atoms with Crippen molar-refractivity contribution in [1.82, 2.24) is 9.55 Å². The first-order chi connectivity index (χ1) is 12.0. The number of benzene rings is 1. The van der Waals surface area contributed by atoms with Crippen LogP contribution in [0.1, 0.15) is 6.23 Å². The van der Waals surface area contributed by atoms with E-state index in [-0.39, 0.29) is 5.56 Å². The molecule has 1 aliphatic rings. The summed E-state index contributed by atoms with van der Waals surface area (Å²) >= 11 is 0. The zero-order valence-electron chi connectivity index (χ0n) is 13.3. The maximum absolute atomic E-state index is 12.1. The van der Waals surface area contributed by atoms with Gasteiger partial charge in [-0.1, -0.05) is 12.1 Å². The van der Waals surface area contributed by atoms with E-state index in [2.05, 4.69) is 4.98 Å². The lowest BCUT2D eigenvalue weighted by atomic mass is 10.1. The quantitative estimate of drug-likeness (QED) is 0.545.